The van der Waals surface area contributed by atoms with Gasteiger partial charge in [-0.15, -0.1) is 5.10 Å². The Labute approximate surface area is 167 Å². The number of benzene rings is 1. The first-order chi connectivity index (χ1) is 14.1. The molecule has 2 atom stereocenters. The lowest BCUT2D eigenvalue weighted by Crippen LogP contribution is -2.34. The summed E-state index contributed by atoms with van der Waals surface area (Å²) < 4.78 is 5.12. The highest BCUT2D eigenvalue weighted by molar-refractivity contribution is 6.05. The number of amides is 3. The van der Waals surface area contributed by atoms with Crippen LogP contribution in [-0.4, -0.2) is 51.5 Å². The number of carbonyl (C=O) groups excluding carboxylic acids is 3. The maximum Gasteiger partial charge on any atom is 0.249 e. The van der Waals surface area contributed by atoms with Crippen LogP contribution in [-0.2, 0) is 14.4 Å². The minimum absolute atomic E-state index is 0.0172. The van der Waals surface area contributed by atoms with Gasteiger partial charge >= 0.3 is 0 Å². The highest BCUT2D eigenvalue weighted by Gasteiger charge is 2.47. The van der Waals surface area contributed by atoms with E-state index in [4.69, 9.17) is 4.74 Å². The standard InChI is InChI=1S/C20H23N5O4/c1-29-13-8-6-12(7-9-13)17-22-20(24-23-17)21-16(26)10-11-25-18(27)14-4-2-3-5-15(14)19(25)28/h6-9,14-15H,2-5,10-11H2,1H3,(H2,21,22,23,24,26)/t14-,15-/m0/s1. The molecule has 1 aromatic heterocycles. The molecule has 152 valence electrons. The predicted molar refractivity (Wildman–Crippen MR) is 104 cm³/mol. The number of fused-ring (bicyclic) bond motifs is 1. The number of aromatic nitrogens is 3. The van der Waals surface area contributed by atoms with E-state index in [9.17, 15) is 14.4 Å². The van der Waals surface area contributed by atoms with E-state index < -0.39 is 0 Å². The first-order valence-corrected chi connectivity index (χ1v) is 9.78. The third-order valence-corrected chi connectivity index (χ3v) is 5.59. The Hall–Kier alpha value is -3.23. The van der Waals surface area contributed by atoms with E-state index in [-0.39, 0.29) is 48.5 Å². The molecule has 1 aliphatic carbocycles. The van der Waals surface area contributed by atoms with Crippen molar-refractivity contribution in [2.45, 2.75) is 32.1 Å². The van der Waals surface area contributed by atoms with Crippen molar-refractivity contribution in [2.24, 2.45) is 11.8 Å². The van der Waals surface area contributed by atoms with Crippen LogP contribution in [0.5, 0.6) is 5.75 Å². The molecule has 2 heterocycles. The number of ether oxygens (including phenoxy) is 1. The van der Waals surface area contributed by atoms with Gasteiger partial charge in [0.15, 0.2) is 5.82 Å². The number of carbonyl (C=O) groups is 3. The molecule has 1 saturated carbocycles. The first kappa shape index (κ1) is 19.1. The van der Waals surface area contributed by atoms with E-state index in [1.165, 1.54) is 4.90 Å². The van der Waals surface area contributed by atoms with Crippen LogP contribution in [0.1, 0.15) is 32.1 Å². The molecule has 1 saturated heterocycles. The van der Waals surface area contributed by atoms with Crippen LogP contribution in [0, 0.1) is 11.8 Å². The summed E-state index contributed by atoms with van der Waals surface area (Å²) in [7, 11) is 1.59. The van der Waals surface area contributed by atoms with Gasteiger partial charge in [0.25, 0.3) is 0 Å². The molecule has 29 heavy (non-hydrogen) atoms. The van der Waals surface area contributed by atoms with Gasteiger partial charge in [-0.3, -0.25) is 29.7 Å². The van der Waals surface area contributed by atoms with E-state index >= 15 is 0 Å². The van der Waals surface area contributed by atoms with Gasteiger partial charge in [-0.25, -0.2) is 0 Å². The molecule has 1 aliphatic heterocycles. The second kappa shape index (κ2) is 8.02. The van der Waals surface area contributed by atoms with Crippen molar-refractivity contribution < 1.29 is 19.1 Å². The number of likely N-dealkylation sites (tertiary alicyclic amines) is 1. The Morgan fingerprint density at radius 1 is 1.17 bits per heavy atom. The van der Waals surface area contributed by atoms with Gasteiger partial charge in [0.2, 0.25) is 23.7 Å². The normalized spacial score (nSPS) is 21.2. The Morgan fingerprint density at radius 3 is 2.45 bits per heavy atom. The number of H-pyrrole nitrogens is 1. The Balaban J connectivity index is 1.33. The van der Waals surface area contributed by atoms with E-state index in [0.717, 1.165) is 37.0 Å². The van der Waals surface area contributed by atoms with Crippen LogP contribution in [0.4, 0.5) is 5.95 Å². The maximum atomic E-state index is 12.5. The number of imide groups is 1. The molecule has 9 heteroatoms. The Bertz CT molecular complexity index is 899. The summed E-state index contributed by atoms with van der Waals surface area (Å²) >= 11 is 0. The van der Waals surface area contributed by atoms with E-state index in [1.807, 2.05) is 12.1 Å². The van der Waals surface area contributed by atoms with Crippen LogP contribution in [0.3, 0.4) is 0 Å². The van der Waals surface area contributed by atoms with Crippen molar-refractivity contribution in [3.05, 3.63) is 24.3 Å². The van der Waals surface area contributed by atoms with Crippen LogP contribution < -0.4 is 10.1 Å². The van der Waals surface area contributed by atoms with Crippen LogP contribution >= 0.6 is 0 Å². The van der Waals surface area contributed by atoms with E-state index in [2.05, 4.69) is 20.5 Å². The van der Waals surface area contributed by atoms with Crippen LogP contribution in [0.15, 0.2) is 24.3 Å². The lowest BCUT2D eigenvalue weighted by Gasteiger charge is -2.19. The lowest BCUT2D eigenvalue weighted by molar-refractivity contribution is -0.140. The topological polar surface area (TPSA) is 117 Å². The molecule has 2 N–H and O–H groups in total. The molecule has 9 nitrogen and oxygen atoms in total. The number of methoxy groups -OCH3 is 1. The third-order valence-electron chi connectivity index (χ3n) is 5.59. The minimum atomic E-state index is -0.347. The SMILES string of the molecule is COc1ccc(-c2nc(NC(=O)CCN3C(=O)[C@H]4CCCC[C@@H]4C3=O)n[nH]2)cc1. The van der Waals surface area contributed by atoms with E-state index in [1.54, 1.807) is 19.2 Å². The number of nitrogens with zero attached hydrogens (tertiary/aromatic N) is 3. The number of hydrogen-bond donors (Lipinski definition) is 2. The quantitative estimate of drug-likeness (QED) is 0.720. The molecule has 0 bridgehead atoms. The molecule has 2 aliphatic rings. The van der Waals surface area contributed by atoms with Gasteiger partial charge in [0.1, 0.15) is 5.75 Å². The van der Waals surface area contributed by atoms with E-state index in [0.29, 0.717) is 5.82 Å². The highest BCUT2D eigenvalue weighted by Crippen LogP contribution is 2.37. The largest absolute Gasteiger partial charge is 0.497 e. The number of rotatable bonds is 6. The maximum absolute atomic E-state index is 12.5. The number of hydrogen-bond acceptors (Lipinski definition) is 6. The van der Waals surface area contributed by atoms with Gasteiger partial charge in [0.05, 0.1) is 18.9 Å². The number of nitrogens with one attached hydrogen (secondary N) is 2. The Kier molecular flexibility index (Phi) is 5.28. The van der Waals surface area contributed by atoms with Gasteiger partial charge in [-0.1, -0.05) is 12.8 Å². The summed E-state index contributed by atoms with van der Waals surface area (Å²) in [5.41, 5.74) is 0.801. The molecule has 2 aromatic rings. The molecular formula is C20H23N5O4. The van der Waals surface area contributed by atoms with Gasteiger partial charge in [0, 0.05) is 18.5 Å². The fourth-order valence-electron chi connectivity index (χ4n) is 4.05. The fourth-order valence-corrected chi connectivity index (χ4v) is 4.05. The molecular weight excluding hydrogens is 374 g/mol. The molecule has 1 aromatic carbocycles. The Morgan fingerprint density at radius 2 is 1.83 bits per heavy atom. The molecule has 4 rings (SSSR count). The summed E-state index contributed by atoms with van der Waals surface area (Å²) in [6.07, 6.45) is 3.52. The van der Waals surface area contributed by atoms with Crippen LogP contribution in [0.25, 0.3) is 11.4 Å². The van der Waals surface area contributed by atoms with Crippen molar-refractivity contribution in [1.29, 1.82) is 0 Å². The van der Waals surface area contributed by atoms with Gasteiger partial charge < -0.3 is 4.74 Å². The average Bonchev–Trinajstić information content (AvgIpc) is 3.30. The zero-order valence-corrected chi connectivity index (χ0v) is 16.2. The molecule has 0 spiro atoms. The number of aromatic amines is 1. The summed E-state index contributed by atoms with van der Waals surface area (Å²) in [5.74, 6) is 0.386. The third kappa shape index (κ3) is 3.85. The smallest absolute Gasteiger partial charge is 0.249 e. The first-order valence-electron chi connectivity index (χ1n) is 9.78. The molecule has 0 radical (unpaired) electrons. The summed E-state index contributed by atoms with van der Waals surface area (Å²) in [6.45, 7) is 0.0895. The lowest BCUT2D eigenvalue weighted by atomic mass is 9.81. The predicted octanol–water partition coefficient (Wildman–Crippen LogP) is 1.98. The van der Waals surface area contributed by atoms with Crippen molar-refractivity contribution in [1.82, 2.24) is 20.1 Å². The minimum Gasteiger partial charge on any atom is -0.497 e. The second-order valence-corrected chi connectivity index (χ2v) is 7.36. The summed E-state index contributed by atoms with van der Waals surface area (Å²) in [5, 5.41) is 9.38. The van der Waals surface area contributed by atoms with Crippen LogP contribution in [0.2, 0.25) is 0 Å². The summed E-state index contributed by atoms with van der Waals surface area (Å²) in [4.78, 5) is 42.7. The van der Waals surface area contributed by atoms with Crippen molar-refractivity contribution in [3.63, 3.8) is 0 Å². The number of anilines is 1. The second-order valence-electron chi connectivity index (χ2n) is 7.36. The zero-order valence-electron chi connectivity index (χ0n) is 16.2. The van der Waals surface area contributed by atoms with Gasteiger partial charge in [-0.2, -0.15) is 4.98 Å². The summed E-state index contributed by atoms with van der Waals surface area (Å²) in [6, 6.07) is 7.26. The molecule has 2 fully saturated rings. The highest BCUT2D eigenvalue weighted by atomic mass is 16.5. The van der Waals surface area contributed by atoms with Gasteiger partial charge in [-0.05, 0) is 37.1 Å². The van der Waals surface area contributed by atoms with Crippen molar-refractivity contribution in [3.8, 4) is 17.1 Å². The monoisotopic (exact) mass is 397 g/mol. The van der Waals surface area contributed by atoms with Crippen molar-refractivity contribution >= 4 is 23.7 Å². The molecule has 0 unspecified atom stereocenters. The molecule has 3 amide bonds. The van der Waals surface area contributed by atoms with Crippen molar-refractivity contribution in [2.75, 3.05) is 19.0 Å². The average molecular weight is 397 g/mol. The zero-order chi connectivity index (χ0) is 20.4. The fraction of sp³-hybridized carbons (Fsp3) is 0.450.